The summed E-state index contributed by atoms with van der Waals surface area (Å²) in [5.41, 5.74) is 5.51. The Bertz CT molecular complexity index is 164. The highest BCUT2D eigenvalue weighted by molar-refractivity contribution is 5.66. The summed E-state index contributed by atoms with van der Waals surface area (Å²) in [7, 11) is 0. The van der Waals surface area contributed by atoms with E-state index < -0.39 is 0 Å². The van der Waals surface area contributed by atoms with Crippen LogP contribution in [-0.4, -0.2) is 24.8 Å². The van der Waals surface area contributed by atoms with Gasteiger partial charge in [0.15, 0.2) is 0 Å². The molecule has 14 heavy (non-hydrogen) atoms. The molecule has 0 aromatic rings. The molecule has 4 heteroatoms. The van der Waals surface area contributed by atoms with Crippen molar-refractivity contribution >= 4 is 6.09 Å². The first-order valence-electron chi connectivity index (χ1n) is 5.15. The summed E-state index contributed by atoms with van der Waals surface area (Å²) in [6.07, 6.45) is 2.34. The number of carbonyl (C=O) groups is 1. The minimum Gasteiger partial charge on any atom is -0.450 e. The summed E-state index contributed by atoms with van der Waals surface area (Å²) in [4.78, 5) is 11.0. The standard InChI is InChI=1S/C10H22N2O2/c1-4-5-8-14-9(13)12-7-6-10(2,3)11/h4-8,11H2,1-3H3,(H,12,13). The zero-order valence-corrected chi connectivity index (χ0v) is 9.43. The van der Waals surface area contributed by atoms with Crippen LogP contribution in [0, 0.1) is 0 Å². The highest BCUT2D eigenvalue weighted by Gasteiger charge is 2.10. The third kappa shape index (κ3) is 9.32. The Morgan fingerprint density at radius 2 is 2.14 bits per heavy atom. The van der Waals surface area contributed by atoms with Gasteiger partial charge in [-0.3, -0.25) is 0 Å². The number of nitrogens with one attached hydrogen (secondary N) is 1. The fourth-order valence-corrected chi connectivity index (χ4v) is 0.847. The van der Waals surface area contributed by atoms with Crippen LogP contribution in [-0.2, 0) is 4.74 Å². The summed E-state index contributed by atoms with van der Waals surface area (Å²) in [6, 6.07) is 0. The topological polar surface area (TPSA) is 64.3 Å². The van der Waals surface area contributed by atoms with Crippen LogP contribution in [0.25, 0.3) is 0 Å². The number of unbranched alkanes of at least 4 members (excludes halogenated alkanes) is 1. The second-order valence-electron chi connectivity index (χ2n) is 4.15. The molecule has 0 aromatic heterocycles. The fourth-order valence-electron chi connectivity index (χ4n) is 0.847. The van der Waals surface area contributed by atoms with Crippen molar-refractivity contribution in [2.75, 3.05) is 13.2 Å². The van der Waals surface area contributed by atoms with Gasteiger partial charge in [-0.25, -0.2) is 4.79 Å². The molecule has 84 valence electrons. The number of hydrogen-bond acceptors (Lipinski definition) is 3. The van der Waals surface area contributed by atoms with Gasteiger partial charge in [-0.05, 0) is 26.7 Å². The van der Waals surface area contributed by atoms with E-state index in [-0.39, 0.29) is 11.6 Å². The molecule has 0 rings (SSSR count). The predicted octanol–water partition coefficient (Wildman–Crippen LogP) is 1.64. The molecule has 0 spiro atoms. The fraction of sp³-hybridized carbons (Fsp3) is 0.900. The summed E-state index contributed by atoms with van der Waals surface area (Å²) in [5, 5.41) is 2.66. The Morgan fingerprint density at radius 1 is 1.50 bits per heavy atom. The molecule has 0 radical (unpaired) electrons. The smallest absolute Gasteiger partial charge is 0.407 e. The lowest BCUT2D eigenvalue weighted by Crippen LogP contribution is -2.37. The quantitative estimate of drug-likeness (QED) is 0.643. The Balaban J connectivity index is 3.36. The normalized spacial score (nSPS) is 11.1. The molecule has 0 fully saturated rings. The van der Waals surface area contributed by atoms with Crippen molar-refractivity contribution in [1.82, 2.24) is 5.32 Å². The lowest BCUT2D eigenvalue weighted by Gasteiger charge is -2.18. The first kappa shape index (κ1) is 13.2. The minimum atomic E-state index is -0.345. The highest BCUT2D eigenvalue weighted by Crippen LogP contribution is 2.01. The SMILES string of the molecule is CCCCOC(=O)NCCC(C)(C)N. The Hall–Kier alpha value is -0.770. The van der Waals surface area contributed by atoms with Gasteiger partial charge in [0.1, 0.15) is 0 Å². The van der Waals surface area contributed by atoms with Gasteiger partial charge in [0.2, 0.25) is 0 Å². The number of hydrogen-bond donors (Lipinski definition) is 2. The van der Waals surface area contributed by atoms with E-state index in [9.17, 15) is 4.79 Å². The maximum atomic E-state index is 11.0. The number of alkyl carbamates (subject to hydrolysis) is 1. The average Bonchev–Trinajstić information content (AvgIpc) is 2.02. The van der Waals surface area contributed by atoms with E-state index in [4.69, 9.17) is 10.5 Å². The lowest BCUT2D eigenvalue weighted by atomic mass is 10.0. The maximum absolute atomic E-state index is 11.0. The van der Waals surface area contributed by atoms with Gasteiger partial charge < -0.3 is 15.8 Å². The van der Waals surface area contributed by atoms with Crippen LogP contribution in [0.4, 0.5) is 4.79 Å². The molecule has 0 bridgehead atoms. The van der Waals surface area contributed by atoms with E-state index in [1.54, 1.807) is 0 Å². The van der Waals surface area contributed by atoms with Crippen molar-refractivity contribution < 1.29 is 9.53 Å². The van der Waals surface area contributed by atoms with Gasteiger partial charge in [-0.1, -0.05) is 13.3 Å². The summed E-state index contributed by atoms with van der Waals surface area (Å²) >= 11 is 0. The number of amides is 1. The zero-order valence-electron chi connectivity index (χ0n) is 9.43. The third-order valence-electron chi connectivity index (χ3n) is 1.77. The Labute approximate surface area is 86.2 Å². The summed E-state index contributed by atoms with van der Waals surface area (Å²) in [5.74, 6) is 0. The van der Waals surface area contributed by atoms with Crippen molar-refractivity contribution in [3.05, 3.63) is 0 Å². The second-order valence-corrected chi connectivity index (χ2v) is 4.15. The van der Waals surface area contributed by atoms with E-state index >= 15 is 0 Å². The van der Waals surface area contributed by atoms with E-state index in [1.807, 2.05) is 13.8 Å². The van der Waals surface area contributed by atoms with Crippen molar-refractivity contribution in [2.45, 2.75) is 45.6 Å². The van der Waals surface area contributed by atoms with Crippen LogP contribution in [0.3, 0.4) is 0 Å². The van der Waals surface area contributed by atoms with Gasteiger partial charge in [0.25, 0.3) is 0 Å². The van der Waals surface area contributed by atoms with Crippen LogP contribution >= 0.6 is 0 Å². The van der Waals surface area contributed by atoms with E-state index in [0.29, 0.717) is 13.2 Å². The molecule has 4 nitrogen and oxygen atoms in total. The molecule has 0 aromatic carbocycles. The Kier molecular flexibility index (Phi) is 6.28. The van der Waals surface area contributed by atoms with Gasteiger partial charge in [-0.15, -0.1) is 0 Å². The van der Waals surface area contributed by atoms with Crippen LogP contribution < -0.4 is 11.1 Å². The molecule has 0 aliphatic carbocycles. The number of nitrogens with two attached hydrogens (primary N) is 1. The van der Waals surface area contributed by atoms with Gasteiger partial charge in [-0.2, -0.15) is 0 Å². The summed E-state index contributed by atoms with van der Waals surface area (Å²) in [6.45, 7) is 6.97. The van der Waals surface area contributed by atoms with Gasteiger partial charge in [0.05, 0.1) is 6.61 Å². The molecule has 0 aliphatic rings. The van der Waals surface area contributed by atoms with Crippen LogP contribution in [0.2, 0.25) is 0 Å². The number of rotatable bonds is 6. The lowest BCUT2D eigenvalue weighted by molar-refractivity contribution is 0.144. The van der Waals surface area contributed by atoms with Crippen molar-refractivity contribution in [2.24, 2.45) is 5.73 Å². The number of ether oxygens (including phenoxy) is 1. The predicted molar refractivity (Wildman–Crippen MR) is 57.1 cm³/mol. The zero-order chi connectivity index (χ0) is 11.0. The van der Waals surface area contributed by atoms with E-state index in [2.05, 4.69) is 12.2 Å². The van der Waals surface area contributed by atoms with Gasteiger partial charge >= 0.3 is 6.09 Å². The molecule has 0 aliphatic heterocycles. The largest absolute Gasteiger partial charge is 0.450 e. The highest BCUT2D eigenvalue weighted by atomic mass is 16.5. The van der Waals surface area contributed by atoms with Crippen LogP contribution in [0.15, 0.2) is 0 Å². The van der Waals surface area contributed by atoms with Crippen molar-refractivity contribution in [3.8, 4) is 0 Å². The monoisotopic (exact) mass is 202 g/mol. The number of carbonyl (C=O) groups excluding carboxylic acids is 1. The first-order chi connectivity index (χ1) is 6.45. The average molecular weight is 202 g/mol. The molecule has 1 amide bonds. The van der Waals surface area contributed by atoms with E-state index in [0.717, 1.165) is 19.3 Å². The molecule has 0 heterocycles. The molecular formula is C10H22N2O2. The first-order valence-corrected chi connectivity index (χ1v) is 5.15. The molecule has 0 atom stereocenters. The molecule has 0 saturated carbocycles. The maximum Gasteiger partial charge on any atom is 0.407 e. The van der Waals surface area contributed by atoms with Crippen molar-refractivity contribution in [1.29, 1.82) is 0 Å². The van der Waals surface area contributed by atoms with Gasteiger partial charge in [0, 0.05) is 12.1 Å². The van der Waals surface area contributed by atoms with E-state index in [1.165, 1.54) is 0 Å². The minimum absolute atomic E-state index is 0.239. The molecular weight excluding hydrogens is 180 g/mol. The molecule has 0 unspecified atom stereocenters. The Morgan fingerprint density at radius 3 is 2.64 bits per heavy atom. The molecule has 0 saturated heterocycles. The summed E-state index contributed by atoms with van der Waals surface area (Å²) < 4.78 is 4.91. The van der Waals surface area contributed by atoms with Crippen molar-refractivity contribution in [3.63, 3.8) is 0 Å². The molecule has 3 N–H and O–H groups in total. The second kappa shape index (κ2) is 6.65. The van der Waals surface area contributed by atoms with Crippen LogP contribution in [0.5, 0.6) is 0 Å². The third-order valence-corrected chi connectivity index (χ3v) is 1.77. The van der Waals surface area contributed by atoms with Crippen LogP contribution in [0.1, 0.15) is 40.0 Å².